The summed E-state index contributed by atoms with van der Waals surface area (Å²) in [6.45, 7) is 6.08. The van der Waals surface area contributed by atoms with Crippen LogP contribution < -0.4 is 5.73 Å². The molecule has 0 aliphatic carbocycles. The minimum absolute atomic E-state index is 0.299. The number of nitrogens with zero attached hydrogens (tertiary/aromatic N) is 3. The fourth-order valence-electron chi connectivity index (χ4n) is 2.55. The van der Waals surface area contributed by atoms with Crippen molar-refractivity contribution in [1.82, 2.24) is 9.97 Å². The second-order valence-electron chi connectivity index (χ2n) is 4.68. The first-order chi connectivity index (χ1) is 11.3. The maximum atomic E-state index is 7.08. The third-order valence-corrected chi connectivity index (χ3v) is 3.52. The van der Waals surface area contributed by atoms with Crippen LogP contribution in [0, 0.1) is 5.41 Å². The number of hydrogen-bond acceptors (Lipinski definition) is 3. The van der Waals surface area contributed by atoms with E-state index in [1.54, 1.807) is 6.20 Å². The third-order valence-electron chi connectivity index (χ3n) is 3.52. The Balaban J connectivity index is 0.000000924. The number of benzene rings is 1. The first-order valence-corrected chi connectivity index (χ1v) is 7.74. The Hall–Kier alpha value is -2.82. The number of nitrogens with one attached hydrogen (secondary N) is 1. The average Bonchev–Trinajstić information content (AvgIpc) is 2.62. The summed E-state index contributed by atoms with van der Waals surface area (Å²) in [7, 11) is 0. The molecule has 23 heavy (non-hydrogen) atoms. The quantitative estimate of drug-likeness (QED) is 0.439. The van der Waals surface area contributed by atoms with Crippen LogP contribution in [0.3, 0.4) is 0 Å². The van der Waals surface area contributed by atoms with Crippen LogP contribution in [0.2, 0.25) is 0 Å². The molecule has 0 amide bonds. The van der Waals surface area contributed by atoms with E-state index in [-0.39, 0.29) is 0 Å². The fourth-order valence-corrected chi connectivity index (χ4v) is 2.55. The van der Waals surface area contributed by atoms with E-state index in [4.69, 9.17) is 16.1 Å². The Labute approximate surface area is 135 Å². The highest BCUT2D eigenvalue weighted by atomic mass is 14.9. The van der Waals surface area contributed by atoms with E-state index >= 15 is 0 Å². The summed E-state index contributed by atoms with van der Waals surface area (Å²) in [5, 5.41) is 10.2. The van der Waals surface area contributed by atoms with Gasteiger partial charge in [0.25, 0.3) is 0 Å². The van der Waals surface area contributed by atoms with Crippen molar-refractivity contribution < 1.29 is 0 Å². The van der Waals surface area contributed by atoms with Gasteiger partial charge in [-0.3, -0.25) is 15.4 Å². The van der Waals surface area contributed by atoms with E-state index in [1.807, 2.05) is 44.3 Å². The number of nitrogens with two attached hydrogens (primary N) is 1. The zero-order chi connectivity index (χ0) is 16.8. The van der Waals surface area contributed by atoms with E-state index in [9.17, 15) is 0 Å². The Morgan fingerprint density at radius 3 is 2.70 bits per heavy atom. The maximum absolute atomic E-state index is 7.08. The molecule has 0 aliphatic heterocycles. The highest BCUT2D eigenvalue weighted by molar-refractivity contribution is 6.15. The van der Waals surface area contributed by atoms with Gasteiger partial charge in [0, 0.05) is 39.8 Å². The van der Waals surface area contributed by atoms with Gasteiger partial charge in [-0.05, 0) is 18.6 Å². The number of aryl methyl sites for hydroxylation is 1. The standard InChI is InChI=1S/C16H15N5.C2H6/c1-2-14-10-6-7-19-8-13(10)11-4-3-5-12(15(11)21-14)16(18)20-9-17;1-2/h3-9H,2H2,1H3,(H3,17,18,20);1-2H3. The van der Waals surface area contributed by atoms with Crippen molar-refractivity contribution in [3.63, 3.8) is 0 Å². The van der Waals surface area contributed by atoms with Crippen LogP contribution in [0.25, 0.3) is 21.7 Å². The van der Waals surface area contributed by atoms with Crippen LogP contribution in [0.15, 0.2) is 41.7 Å². The lowest BCUT2D eigenvalue weighted by molar-refractivity contribution is 1.07. The first-order valence-electron chi connectivity index (χ1n) is 7.74. The predicted molar refractivity (Wildman–Crippen MR) is 97.3 cm³/mol. The summed E-state index contributed by atoms with van der Waals surface area (Å²) in [6, 6.07) is 7.79. The van der Waals surface area contributed by atoms with E-state index in [0.717, 1.165) is 45.7 Å². The van der Waals surface area contributed by atoms with Gasteiger partial charge in [-0.2, -0.15) is 0 Å². The summed E-state index contributed by atoms with van der Waals surface area (Å²) in [6.07, 6.45) is 5.40. The minimum Gasteiger partial charge on any atom is -0.383 e. The van der Waals surface area contributed by atoms with Crippen molar-refractivity contribution in [3.8, 4) is 0 Å². The number of rotatable bonds is 3. The van der Waals surface area contributed by atoms with Crippen LogP contribution in [-0.2, 0) is 6.42 Å². The van der Waals surface area contributed by atoms with Crippen molar-refractivity contribution in [2.75, 3.05) is 0 Å². The zero-order valence-corrected chi connectivity index (χ0v) is 13.7. The van der Waals surface area contributed by atoms with Crippen molar-refractivity contribution in [1.29, 1.82) is 5.41 Å². The van der Waals surface area contributed by atoms with Gasteiger partial charge in [0.1, 0.15) is 12.2 Å². The molecule has 0 bridgehead atoms. The number of fused-ring (bicyclic) bond motifs is 3. The Bertz CT molecular complexity index is 868. The van der Waals surface area contributed by atoms with Crippen molar-refractivity contribution >= 4 is 33.8 Å². The van der Waals surface area contributed by atoms with Crippen LogP contribution >= 0.6 is 0 Å². The lowest BCUT2D eigenvalue weighted by Gasteiger charge is -2.10. The van der Waals surface area contributed by atoms with Gasteiger partial charge in [-0.25, -0.2) is 4.99 Å². The van der Waals surface area contributed by atoms with Gasteiger partial charge in [0.2, 0.25) is 0 Å². The molecule has 0 saturated heterocycles. The number of pyridine rings is 2. The van der Waals surface area contributed by atoms with Gasteiger partial charge in [-0.1, -0.05) is 32.9 Å². The smallest absolute Gasteiger partial charge is 0.134 e. The monoisotopic (exact) mass is 307 g/mol. The summed E-state index contributed by atoms with van der Waals surface area (Å²) in [5.74, 6) is 0.299. The van der Waals surface area contributed by atoms with Gasteiger partial charge in [0.05, 0.1) is 5.52 Å². The molecule has 5 heteroatoms. The van der Waals surface area contributed by atoms with Gasteiger partial charge >= 0.3 is 0 Å². The van der Waals surface area contributed by atoms with Gasteiger partial charge < -0.3 is 5.73 Å². The molecule has 1 aromatic carbocycles. The lowest BCUT2D eigenvalue weighted by Crippen LogP contribution is -2.14. The number of para-hydroxylation sites is 1. The Morgan fingerprint density at radius 1 is 1.22 bits per heavy atom. The van der Waals surface area contributed by atoms with E-state index in [0.29, 0.717) is 5.84 Å². The molecule has 3 aromatic rings. The molecule has 118 valence electrons. The van der Waals surface area contributed by atoms with Crippen LogP contribution in [-0.4, -0.2) is 22.1 Å². The summed E-state index contributed by atoms with van der Waals surface area (Å²) in [5.41, 5.74) is 8.51. The van der Waals surface area contributed by atoms with Crippen molar-refractivity contribution in [2.24, 2.45) is 10.7 Å². The zero-order valence-electron chi connectivity index (χ0n) is 13.7. The van der Waals surface area contributed by atoms with Crippen LogP contribution in [0.5, 0.6) is 0 Å². The molecule has 3 rings (SSSR count). The Kier molecular flexibility index (Phi) is 5.36. The molecule has 3 N–H and O–H groups in total. The molecule has 0 saturated carbocycles. The number of amidine groups is 1. The SMILES string of the molecule is CC.CCc1nc2c(C(N)=NC=N)cccc2c2cnccc12. The lowest BCUT2D eigenvalue weighted by atomic mass is 10.0. The molecule has 0 radical (unpaired) electrons. The fraction of sp³-hybridized carbons (Fsp3) is 0.222. The van der Waals surface area contributed by atoms with Crippen LogP contribution in [0.4, 0.5) is 0 Å². The molecule has 5 nitrogen and oxygen atoms in total. The topological polar surface area (TPSA) is 88.0 Å². The molecular formula is C18H21N5. The van der Waals surface area contributed by atoms with Gasteiger partial charge in [0.15, 0.2) is 0 Å². The summed E-state index contributed by atoms with van der Waals surface area (Å²) < 4.78 is 0. The first kappa shape index (κ1) is 16.5. The molecule has 0 spiro atoms. The number of aromatic nitrogens is 2. The molecule has 0 atom stereocenters. The molecular weight excluding hydrogens is 286 g/mol. The second kappa shape index (κ2) is 7.45. The average molecular weight is 307 g/mol. The highest BCUT2D eigenvalue weighted by Gasteiger charge is 2.12. The van der Waals surface area contributed by atoms with Crippen molar-refractivity contribution in [3.05, 3.63) is 47.9 Å². The molecule has 2 heterocycles. The highest BCUT2D eigenvalue weighted by Crippen LogP contribution is 2.27. The molecule has 2 aromatic heterocycles. The largest absolute Gasteiger partial charge is 0.383 e. The summed E-state index contributed by atoms with van der Waals surface area (Å²) >= 11 is 0. The minimum atomic E-state index is 0.299. The number of aliphatic imine (C=N–C) groups is 1. The number of hydrogen-bond donors (Lipinski definition) is 2. The van der Waals surface area contributed by atoms with E-state index in [2.05, 4.69) is 16.9 Å². The molecule has 0 fully saturated rings. The normalized spacial score (nSPS) is 11.2. The van der Waals surface area contributed by atoms with E-state index in [1.165, 1.54) is 0 Å². The molecule has 0 unspecified atom stereocenters. The van der Waals surface area contributed by atoms with Crippen LogP contribution in [0.1, 0.15) is 32.0 Å². The Morgan fingerprint density at radius 2 is 2.00 bits per heavy atom. The second-order valence-corrected chi connectivity index (χ2v) is 4.68. The van der Waals surface area contributed by atoms with Crippen molar-refractivity contribution in [2.45, 2.75) is 27.2 Å². The molecule has 0 aliphatic rings. The van der Waals surface area contributed by atoms with E-state index < -0.39 is 0 Å². The maximum Gasteiger partial charge on any atom is 0.134 e. The van der Waals surface area contributed by atoms with Gasteiger partial charge in [-0.15, -0.1) is 0 Å². The predicted octanol–water partition coefficient (Wildman–Crippen LogP) is 3.68. The summed E-state index contributed by atoms with van der Waals surface area (Å²) in [4.78, 5) is 12.8. The third kappa shape index (κ3) is 3.04.